The molecule has 1 atom stereocenters. The molecule has 0 aliphatic rings. The fourth-order valence-corrected chi connectivity index (χ4v) is 0.437. The van der Waals surface area contributed by atoms with E-state index >= 15 is 0 Å². The molecule has 0 aromatic heterocycles. The van der Waals surface area contributed by atoms with Crippen LogP contribution in [-0.2, 0) is 0 Å². The van der Waals surface area contributed by atoms with Gasteiger partial charge in [0.15, 0.2) is 0 Å². The zero-order chi connectivity index (χ0) is 5.86. The van der Waals surface area contributed by atoms with E-state index in [4.69, 9.17) is 5.11 Å². The minimum Gasteiger partial charge on any atom is -0.465 e. The van der Waals surface area contributed by atoms with Gasteiger partial charge in [0.25, 0.3) is 0 Å². The van der Waals surface area contributed by atoms with Crippen LogP contribution in [0, 0.1) is 0 Å². The maximum Gasteiger partial charge on any atom is 0.405 e. The van der Waals surface area contributed by atoms with Crippen LogP contribution < -0.4 is 5.32 Å². The van der Waals surface area contributed by atoms with Crippen LogP contribution in [0.1, 0.15) is 6.92 Å². The monoisotopic (exact) mass is 215 g/mol. The van der Waals surface area contributed by atoms with Gasteiger partial charge in [-0.05, 0) is 6.92 Å². The third-order valence-corrected chi connectivity index (χ3v) is 0.634. The number of rotatable bonds is 1. The molecule has 0 rings (SSSR count). The fraction of sp³-hybridized carbons (Fsp3) is 0.667. The van der Waals surface area contributed by atoms with Gasteiger partial charge in [-0.2, -0.15) is 0 Å². The maximum atomic E-state index is 9.69. The lowest BCUT2D eigenvalue weighted by molar-refractivity contribution is 0.194. The zero-order valence-electron chi connectivity index (χ0n) is 3.81. The number of halogens is 1. The lowest BCUT2D eigenvalue weighted by Gasteiger charge is -1.98. The molecule has 0 heterocycles. The number of amides is 1. The Labute approximate surface area is 55.2 Å². The molecule has 4 heteroatoms. The highest BCUT2D eigenvalue weighted by Gasteiger charge is 1.95. The first kappa shape index (κ1) is 7.00. The van der Waals surface area contributed by atoms with Crippen molar-refractivity contribution >= 4 is 28.7 Å². The van der Waals surface area contributed by atoms with Gasteiger partial charge in [0.2, 0.25) is 0 Å². The Hall–Kier alpha value is 0. The Kier molecular flexibility index (Phi) is 3.06. The van der Waals surface area contributed by atoms with E-state index in [-0.39, 0.29) is 4.05 Å². The summed E-state index contributed by atoms with van der Waals surface area (Å²) in [5, 5.41) is 10.2. The summed E-state index contributed by atoms with van der Waals surface area (Å²) in [7, 11) is 0. The second kappa shape index (κ2) is 3.06. The highest BCUT2D eigenvalue weighted by molar-refractivity contribution is 14.1. The maximum absolute atomic E-state index is 9.69. The third-order valence-electron chi connectivity index (χ3n) is 0.322. The molecule has 0 aliphatic heterocycles. The molecule has 0 radical (unpaired) electrons. The molecular formula is C3H6INO2. The standard InChI is InChI=1S/C3H6INO2/c1-2(4)5-3(6)7/h2,5H,1H3,(H,6,7). The van der Waals surface area contributed by atoms with Crippen LogP contribution in [0.25, 0.3) is 0 Å². The molecule has 0 aromatic rings. The van der Waals surface area contributed by atoms with E-state index in [1.54, 1.807) is 6.92 Å². The second-order valence-electron chi connectivity index (χ2n) is 1.07. The van der Waals surface area contributed by atoms with Crippen molar-refractivity contribution in [2.24, 2.45) is 0 Å². The molecule has 2 N–H and O–H groups in total. The average molecular weight is 215 g/mol. The zero-order valence-corrected chi connectivity index (χ0v) is 5.97. The van der Waals surface area contributed by atoms with Crippen LogP contribution in [0.3, 0.4) is 0 Å². The summed E-state index contributed by atoms with van der Waals surface area (Å²) in [4.78, 5) is 9.69. The molecule has 0 fully saturated rings. The predicted molar refractivity (Wildman–Crippen MR) is 34.6 cm³/mol. The first-order chi connectivity index (χ1) is 3.13. The number of hydrogen-bond acceptors (Lipinski definition) is 1. The number of carbonyl (C=O) groups is 1. The lowest BCUT2D eigenvalue weighted by Crippen LogP contribution is -2.25. The number of alkyl halides is 1. The number of nitrogens with one attached hydrogen (secondary N) is 1. The van der Waals surface area contributed by atoms with Crippen molar-refractivity contribution < 1.29 is 9.90 Å². The van der Waals surface area contributed by atoms with E-state index in [0.717, 1.165) is 0 Å². The summed E-state index contributed by atoms with van der Waals surface area (Å²) < 4.78 is -0.00454. The van der Waals surface area contributed by atoms with Crippen LogP contribution in [0.4, 0.5) is 4.79 Å². The van der Waals surface area contributed by atoms with Gasteiger partial charge < -0.3 is 10.4 Å². The molecule has 1 amide bonds. The van der Waals surface area contributed by atoms with Gasteiger partial charge in [0.1, 0.15) is 0 Å². The summed E-state index contributed by atoms with van der Waals surface area (Å²) in [5.41, 5.74) is 0. The summed E-state index contributed by atoms with van der Waals surface area (Å²) in [6.07, 6.45) is -0.970. The van der Waals surface area contributed by atoms with Crippen LogP contribution in [0.2, 0.25) is 0 Å². The van der Waals surface area contributed by atoms with Gasteiger partial charge >= 0.3 is 6.09 Å². The Morgan fingerprint density at radius 1 is 2.00 bits per heavy atom. The highest BCUT2D eigenvalue weighted by Crippen LogP contribution is 1.90. The molecule has 0 spiro atoms. The van der Waals surface area contributed by atoms with Crippen LogP contribution in [0.15, 0.2) is 0 Å². The van der Waals surface area contributed by atoms with Crippen molar-refractivity contribution in [3.8, 4) is 0 Å². The quantitative estimate of drug-likeness (QED) is 0.390. The summed E-state index contributed by atoms with van der Waals surface area (Å²) in [6, 6.07) is 0. The van der Waals surface area contributed by atoms with Gasteiger partial charge in [-0.1, -0.05) is 22.6 Å². The van der Waals surface area contributed by atoms with Crippen molar-refractivity contribution in [2.45, 2.75) is 11.0 Å². The van der Waals surface area contributed by atoms with Crippen molar-refractivity contribution in [1.29, 1.82) is 0 Å². The van der Waals surface area contributed by atoms with E-state index in [1.807, 2.05) is 22.6 Å². The van der Waals surface area contributed by atoms with E-state index in [9.17, 15) is 4.79 Å². The molecule has 0 saturated carbocycles. The van der Waals surface area contributed by atoms with Crippen molar-refractivity contribution in [1.82, 2.24) is 5.32 Å². The molecule has 0 aliphatic carbocycles. The van der Waals surface area contributed by atoms with Crippen LogP contribution in [-0.4, -0.2) is 15.2 Å². The second-order valence-corrected chi connectivity index (χ2v) is 2.93. The van der Waals surface area contributed by atoms with Crippen molar-refractivity contribution in [3.63, 3.8) is 0 Å². The van der Waals surface area contributed by atoms with Crippen molar-refractivity contribution in [3.05, 3.63) is 0 Å². The average Bonchev–Trinajstić information content (AvgIpc) is 1.27. The summed E-state index contributed by atoms with van der Waals surface area (Å²) in [5.74, 6) is 0. The van der Waals surface area contributed by atoms with Gasteiger partial charge in [-0.15, -0.1) is 0 Å². The SMILES string of the molecule is CC(I)NC(=O)O. The minimum atomic E-state index is -0.970. The highest BCUT2D eigenvalue weighted by atomic mass is 127. The van der Waals surface area contributed by atoms with E-state index in [2.05, 4.69) is 5.32 Å². The molecule has 3 nitrogen and oxygen atoms in total. The third kappa shape index (κ3) is 6.00. The van der Waals surface area contributed by atoms with E-state index < -0.39 is 6.09 Å². The fourth-order valence-electron chi connectivity index (χ4n) is 0.170. The lowest BCUT2D eigenvalue weighted by atomic mass is 10.8. The number of hydrogen-bond donors (Lipinski definition) is 2. The Morgan fingerprint density at radius 3 is 2.43 bits per heavy atom. The Bertz CT molecular complexity index is 73.3. The molecule has 0 bridgehead atoms. The molecule has 7 heavy (non-hydrogen) atoms. The van der Waals surface area contributed by atoms with Gasteiger partial charge in [-0.3, -0.25) is 0 Å². The van der Waals surface area contributed by atoms with Gasteiger partial charge in [-0.25, -0.2) is 4.79 Å². The smallest absolute Gasteiger partial charge is 0.405 e. The van der Waals surface area contributed by atoms with Gasteiger partial charge in [0.05, 0.1) is 4.05 Å². The Morgan fingerprint density at radius 2 is 2.43 bits per heavy atom. The first-order valence-corrected chi connectivity index (χ1v) is 3.01. The van der Waals surface area contributed by atoms with Gasteiger partial charge in [0, 0.05) is 0 Å². The topological polar surface area (TPSA) is 49.3 Å². The van der Waals surface area contributed by atoms with Crippen LogP contribution in [0.5, 0.6) is 0 Å². The summed E-state index contributed by atoms with van der Waals surface area (Å²) >= 11 is 1.97. The van der Waals surface area contributed by atoms with Crippen molar-refractivity contribution in [2.75, 3.05) is 0 Å². The van der Waals surface area contributed by atoms with Crippen LogP contribution >= 0.6 is 22.6 Å². The first-order valence-electron chi connectivity index (χ1n) is 1.76. The normalized spacial score (nSPS) is 12.9. The molecule has 0 saturated heterocycles. The summed E-state index contributed by atoms with van der Waals surface area (Å²) in [6.45, 7) is 1.76. The molecular weight excluding hydrogens is 209 g/mol. The molecule has 42 valence electrons. The molecule has 1 unspecified atom stereocenters. The number of carboxylic acid groups (broad SMARTS) is 1. The minimum absolute atomic E-state index is 0.00454. The van der Waals surface area contributed by atoms with E-state index in [0.29, 0.717) is 0 Å². The predicted octanol–water partition coefficient (Wildman–Crippen LogP) is 1.03. The molecule has 0 aromatic carbocycles. The largest absolute Gasteiger partial charge is 0.465 e. The Balaban J connectivity index is 3.13. The van der Waals surface area contributed by atoms with E-state index in [1.165, 1.54) is 0 Å².